The first-order valence-electron chi connectivity index (χ1n) is 10.0. The van der Waals surface area contributed by atoms with Gasteiger partial charge in [-0.25, -0.2) is 0 Å². The Morgan fingerprint density at radius 1 is 1.06 bits per heavy atom. The number of aryl methyl sites for hydroxylation is 1. The third-order valence-corrected chi connectivity index (χ3v) is 5.20. The smallest absolute Gasteiger partial charge is 0.300 e. The maximum absolute atomic E-state index is 13.1. The number of rotatable bonds is 5. The van der Waals surface area contributed by atoms with Crippen molar-refractivity contribution in [3.63, 3.8) is 0 Å². The first-order chi connectivity index (χ1) is 15.0. The van der Waals surface area contributed by atoms with Gasteiger partial charge in [-0.2, -0.15) is 0 Å². The largest absolute Gasteiger partial charge is 0.507 e. The highest BCUT2D eigenvalue weighted by Crippen LogP contribution is 2.42. The number of carbonyl (C=O) groups excluding carboxylic acids is 2. The molecule has 1 amide bonds. The number of aliphatic hydroxyl groups is 1. The van der Waals surface area contributed by atoms with E-state index in [0.717, 1.165) is 5.56 Å². The molecule has 1 aliphatic rings. The second-order valence-corrected chi connectivity index (χ2v) is 7.25. The molecule has 3 aromatic rings. The van der Waals surface area contributed by atoms with Crippen molar-refractivity contribution >= 4 is 23.1 Å². The van der Waals surface area contributed by atoms with Crippen molar-refractivity contribution in [3.8, 4) is 5.75 Å². The lowest BCUT2D eigenvalue weighted by atomic mass is 9.95. The molecule has 1 fully saturated rings. The quantitative estimate of drug-likeness (QED) is 0.380. The zero-order valence-corrected chi connectivity index (χ0v) is 17.3. The van der Waals surface area contributed by atoms with Gasteiger partial charge in [-0.3, -0.25) is 19.5 Å². The van der Waals surface area contributed by atoms with E-state index in [4.69, 9.17) is 4.74 Å². The molecule has 2 heterocycles. The molecule has 0 aliphatic carbocycles. The summed E-state index contributed by atoms with van der Waals surface area (Å²) in [6, 6.07) is 17.0. The molecule has 0 saturated carbocycles. The van der Waals surface area contributed by atoms with Gasteiger partial charge in [0, 0.05) is 23.6 Å². The lowest BCUT2D eigenvalue weighted by Crippen LogP contribution is -2.29. The number of aliphatic hydroxyl groups excluding tert-OH is 1. The third kappa shape index (κ3) is 3.80. The summed E-state index contributed by atoms with van der Waals surface area (Å²) in [5.74, 6) is -1.03. The number of pyridine rings is 1. The predicted octanol–water partition coefficient (Wildman–Crippen LogP) is 4.42. The minimum absolute atomic E-state index is 0.0328. The molecule has 1 N–H and O–H groups in total. The Morgan fingerprint density at radius 3 is 2.45 bits per heavy atom. The van der Waals surface area contributed by atoms with Crippen LogP contribution in [0.15, 0.2) is 78.6 Å². The van der Waals surface area contributed by atoms with E-state index in [2.05, 4.69) is 4.98 Å². The summed E-state index contributed by atoms with van der Waals surface area (Å²) in [4.78, 5) is 31.6. The SMILES string of the molecule is CCOc1cccc(C2/C(=C(/O)c3ccncc3)C(=O)C(=O)N2c2ccc(C)cc2)c1. The number of ether oxygens (including phenoxy) is 1. The Labute approximate surface area is 180 Å². The number of hydrogen-bond donors (Lipinski definition) is 1. The van der Waals surface area contributed by atoms with Crippen LogP contribution < -0.4 is 9.64 Å². The molecule has 6 nitrogen and oxygen atoms in total. The van der Waals surface area contributed by atoms with E-state index in [1.54, 1.807) is 30.3 Å². The van der Waals surface area contributed by atoms with Crippen molar-refractivity contribution in [3.05, 3.63) is 95.3 Å². The Balaban J connectivity index is 1.93. The predicted molar refractivity (Wildman–Crippen MR) is 118 cm³/mol. The van der Waals surface area contributed by atoms with Gasteiger partial charge in [0.25, 0.3) is 11.7 Å². The van der Waals surface area contributed by atoms with Crippen LogP contribution in [-0.2, 0) is 9.59 Å². The summed E-state index contributed by atoms with van der Waals surface area (Å²) in [6.07, 6.45) is 3.05. The van der Waals surface area contributed by atoms with E-state index >= 15 is 0 Å². The summed E-state index contributed by atoms with van der Waals surface area (Å²) in [5, 5.41) is 11.0. The van der Waals surface area contributed by atoms with Crippen LogP contribution in [0.3, 0.4) is 0 Å². The van der Waals surface area contributed by atoms with Crippen molar-refractivity contribution in [1.82, 2.24) is 4.98 Å². The summed E-state index contributed by atoms with van der Waals surface area (Å²) < 4.78 is 5.62. The number of ketones is 1. The lowest BCUT2D eigenvalue weighted by Gasteiger charge is -2.26. The molecule has 156 valence electrons. The molecule has 0 bridgehead atoms. The molecular weight excluding hydrogens is 392 g/mol. The number of carbonyl (C=O) groups is 2. The minimum atomic E-state index is -0.795. The second kappa shape index (κ2) is 8.44. The Kier molecular flexibility index (Phi) is 5.54. The van der Waals surface area contributed by atoms with E-state index in [-0.39, 0.29) is 11.3 Å². The number of nitrogens with zero attached hydrogens (tertiary/aromatic N) is 2. The maximum Gasteiger partial charge on any atom is 0.300 e. The molecule has 0 radical (unpaired) electrons. The van der Waals surface area contributed by atoms with Gasteiger partial charge in [0.15, 0.2) is 0 Å². The molecule has 2 aromatic carbocycles. The van der Waals surface area contributed by atoms with Gasteiger partial charge >= 0.3 is 0 Å². The monoisotopic (exact) mass is 414 g/mol. The van der Waals surface area contributed by atoms with Gasteiger partial charge in [0.2, 0.25) is 0 Å². The van der Waals surface area contributed by atoms with Crippen molar-refractivity contribution in [2.24, 2.45) is 0 Å². The van der Waals surface area contributed by atoms with Gasteiger partial charge < -0.3 is 9.84 Å². The summed E-state index contributed by atoms with van der Waals surface area (Å²) in [5.41, 5.74) is 2.73. The number of anilines is 1. The topological polar surface area (TPSA) is 79.7 Å². The van der Waals surface area contributed by atoms with Crippen LogP contribution in [0.5, 0.6) is 5.75 Å². The second-order valence-electron chi connectivity index (χ2n) is 7.25. The molecule has 31 heavy (non-hydrogen) atoms. The van der Waals surface area contributed by atoms with E-state index in [9.17, 15) is 14.7 Å². The van der Waals surface area contributed by atoms with Crippen molar-refractivity contribution in [1.29, 1.82) is 0 Å². The fourth-order valence-electron chi connectivity index (χ4n) is 3.73. The lowest BCUT2D eigenvalue weighted by molar-refractivity contribution is -0.132. The van der Waals surface area contributed by atoms with Crippen LogP contribution in [0.1, 0.15) is 29.7 Å². The number of benzene rings is 2. The van der Waals surface area contributed by atoms with E-state index < -0.39 is 17.7 Å². The Morgan fingerprint density at radius 2 is 1.77 bits per heavy atom. The molecule has 4 rings (SSSR count). The minimum Gasteiger partial charge on any atom is -0.507 e. The first-order valence-corrected chi connectivity index (χ1v) is 10.0. The zero-order chi connectivity index (χ0) is 22.0. The summed E-state index contributed by atoms with van der Waals surface area (Å²) >= 11 is 0. The highest BCUT2D eigenvalue weighted by Gasteiger charge is 2.47. The zero-order valence-electron chi connectivity index (χ0n) is 17.3. The van der Waals surface area contributed by atoms with Gasteiger partial charge in [-0.1, -0.05) is 29.8 Å². The van der Waals surface area contributed by atoms with E-state index in [0.29, 0.717) is 29.2 Å². The van der Waals surface area contributed by atoms with Crippen LogP contribution in [0.2, 0.25) is 0 Å². The van der Waals surface area contributed by atoms with Crippen LogP contribution in [0.25, 0.3) is 5.76 Å². The van der Waals surface area contributed by atoms with Crippen LogP contribution in [0.4, 0.5) is 5.69 Å². The highest BCUT2D eigenvalue weighted by atomic mass is 16.5. The Hall–Kier alpha value is -3.93. The number of aromatic nitrogens is 1. The number of hydrogen-bond acceptors (Lipinski definition) is 5. The van der Waals surface area contributed by atoms with Gasteiger partial charge in [-0.15, -0.1) is 0 Å². The summed E-state index contributed by atoms with van der Waals surface area (Å²) in [6.45, 7) is 4.32. The molecular formula is C25H22N2O4. The van der Waals surface area contributed by atoms with Crippen molar-refractivity contribution in [2.75, 3.05) is 11.5 Å². The highest BCUT2D eigenvalue weighted by molar-refractivity contribution is 6.51. The number of amides is 1. The average Bonchev–Trinajstić information content (AvgIpc) is 3.05. The molecule has 0 spiro atoms. The van der Waals surface area contributed by atoms with Gasteiger partial charge in [0.05, 0.1) is 18.2 Å². The van der Waals surface area contributed by atoms with E-state index in [1.807, 2.05) is 44.2 Å². The van der Waals surface area contributed by atoms with Crippen molar-refractivity contribution in [2.45, 2.75) is 19.9 Å². The molecule has 1 aliphatic heterocycles. The molecule has 6 heteroatoms. The standard InChI is InChI=1S/C25H22N2O4/c1-3-31-20-6-4-5-18(15-20)22-21(23(28)17-11-13-26-14-12-17)24(29)25(30)27(22)19-9-7-16(2)8-10-19/h4-15,22,28H,3H2,1-2H3/b23-21-. The Bertz CT molecular complexity index is 1150. The fraction of sp³-hybridized carbons (Fsp3) is 0.160. The van der Waals surface area contributed by atoms with Gasteiger partial charge in [-0.05, 0) is 55.8 Å². The normalized spacial score (nSPS) is 17.7. The third-order valence-electron chi connectivity index (χ3n) is 5.20. The molecule has 1 atom stereocenters. The molecule has 1 aromatic heterocycles. The molecule has 1 saturated heterocycles. The van der Waals surface area contributed by atoms with E-state index in [1.165, 1.54) is 17.3 Å². The average molecular weight is 414 g/mol. The van der Waals surface area contributed by atoms with Crippen LogP contribution in [-0.4, -0.2) is 28.4 Å². The fourth-order valence-corrected chi connectivity index (χ4v) is 3.73. The van der Waals surface area contributed by atoms with Crippen LogP contribution >= 0.6 is 0 Å². The van der Waals surface area contributed by atoms with Crippen molar-refractivity contribution < 1.29 is 19.4 Å². The summed E-state index contributed by atoms with van der Waals surface area (Å²) in [7, 11) is 0. The van der Waals surface area contributed by atoms with Gasteiger partial charge in [0.1, 0.15) is 11.5 Å². The number of Topliss-reactive ketones (excluding diaryl/α,β-unsaturated/α-hetero) is 1. The molecule has 1 unspecified atom stereocenters. The van der Waals surface area contributed by atoms with Crippen LogP contribution in [0, 0.1) is 6.92 Å². The first kappa shape index (κ1) is 20.3. The maximum atomic E-state index is 13.1.